The molecule has 0 aliphatic heterocycles. The fourth-order valence-electron chi connectivity index (χ4n) is 1.61. The quantitative estimate of drug-likeness (QED) is 0.817. The van der Waals surface area contributed by atoms with Gasteiger partial charge in [0.1, 0.15) is 0 Å². The van der Waals surface area contributed by atoms with E-state index in [2.05, 4.69) is 4.98 Å². The molecule has 2 rings (SSSR count). The van der Waals surface area contributed by atoms with Gasteiger partial charge in [0.25, 0.3) is 0 Å². The van der Waals surface area contributed by atoms with Crippen molar-refractivity contribution < 1.29 is 18.3 Å². The first-order valence-electron chi connectivity index (χ1n) is 5.19. The fourth-order valence-corrected chi connectivity index (χ4v) is 2.61. The van der Waals surface area contributed by atoms with E-state index in [1.807, 2.05) is 0 Å². The smallest absolute Gasteiger partial charge is 0.335 e. The minimum atomic E-state index is -3.86. The number of anilines is 1. The molecule has 0 bridgehead atoms. The zero-order valence-electron chi connectivity index (χ0n) is 10.2. The molecule has 0 saturated carbocycles. The summed E-state index contributed by atoms with van der Waals surface area (Å²) in [6.45, 7) is 0. The minimum absolute atomic E-state index is 0.0393. The molecule has 9 heteroatoms. The Labute approximate surface area is 109 Å². The van der Waals surface area contributed by atoms with Crippen molar-refractivity contribution >= 4 is 33.2 Å². The van der Waals surface area contributed by atoms with Crippen molar-refractivity contribution in [1.82, 2.24) is 13.3 Å². The summed E-state index contributed by atoms with van der Waals surface area (Å²) in [5.74, 6) is -1.37. The van der Waals surface area contributed by atoms with Crippen molar-refractivity contribution in [1.29, 1.82) is 0 Å². The normalized spacial score (nSPS) is 12.2. The molecule has 3 N–H and O–H groups in total. The molecule has 0 fully saturated rings. The number of carboxylic acids is 1. The first-order chi connectivity index (χ1) is 8.75. The van der Waals surface area contributed by atoms with Gasteiger partial charge in [0.15, 0.2) is 0 Å². The molecule has 8 nitrogen and oxygen atoms in total. The van der Waals surface area contributed by atoms with Crippen LogP contribution < -0.4 is 5.73 Å². The lowest BCUT2D eigenvalue weighted by Crippen LogP contribution is -2.29. The van der Waals surface area contributed by atoms with E-state index in [0.717, 1.165) is 8.28 Å². The van der Waals surface area contributed by atoms with E-state index in [9.17, 15) is 13.2 Å². The second-order valence-electron chi connectivity index (χ2n) is 4.03. The number of benzene rings is 1. The number of nitrogens with zero attached hydrogens (tertiary/aromatic N) is 3. The zero-order chi connectivity index (χ0) is 14.4. The third kappa shape index (κ3) is 2.02. The predicted molar refractivity (Wildman–Crippen MR) is 69.1 cm³/mol. The number of nitrogens with two attached hydrogens (primary N) is 1. The molecule has 0 radical (unpaired) electrons. The lowest BCUT2D eigenvalue weighted by atomic mass is 10.2. The molecule has 0 aliphatic carbocycles. The Hall–Kier alpha value is -2.13. The van der Waals surface area contributed by atoms with Crippen LogP contribution in [0.2, 0.25) is 0 Å². The van der Waals surface area contributed by atoms with E-state index >= 15 is 0 Å². The van der Waals surface area contributed by atoms with Crippen LogP contribution in [0.25, 0.3) is 11.0 Å². The molecular weight excluding hydrogens is 272 g/mol. The summed E-state index contributed by atoms with van der Waals surface area (Å²) in [7, 11) is -1.17. The fraction of sp³-hybridized carbons (Fsp3) is 0.200. The second-order valence-corrected chi connectivity index (χ2v) is 6.02. The number of imidazole rings is 1. The largest absolute Gasteiger partial charge is 0.478 e. The van der Waals surface area contributed by atoms with E-state index in [1.54, 1.807) is 0 Å². The van der Waals surface area contributed by atoms with Crippen molar-refractivity contribution in [2.45, 2.75) is 0 Å². The van der Waals surface area contributed by atoms with Gasteiger partial charge in [0.2, 0.25) is 5.95 Å². The molecule has 0 aliphatic rings. The number of carboxylic acid groups (broad SMARTS) is 1. The monoisotopic (exact) mass is 284 g/mol. The molecule has 0 amide bonds. The number of aromatic nitrogens is 2. The summed E-state index contributed by atoms with van der Waals surface area (Å²) in [5, 5.41) is 8.93. The van der Waals surface area contributed by atoms with Crippen molar-refractivity contribution in [2.24, 2.45) is 0 Å². The van der Waals surface area contributed by atoms with Crippen LogP contribution in [0, 0.1) is 0 Å². The average molecular weight is 284 g/mol. The van der Waals surface area contributed by atoms with E-state index in [0.29, 0.717) is 5.52 Å². The highest BCUT2D eigenvalue weighted by Gasteiger charge is 2.23. The number of hydrogen-bond acceptors (Lipinski definition) is 5. The molecule has 1 aromatic heterocycles. The van der Waals surface area contributed by atoms with Crippen LogP contribution in [0.5, 0.6) is 0 Å². The van der Waals surface area contributed by atoms with Crippen molar-refractivity contribution in [2.75, 3.05) is 19.8 Å². The van der Waals surface area contributed by atoms with Crippen LogP contribution in [0.3, 0.4) is 0 Å². The first kappa shape index (κ1) is 13.3. The molecule has 0 saturated heterocycles. The van der Waals surface area contributed by atoms with E-state index in [4.69, 9.17) is 10.8 Å². The second kappa shape index (κ2) is 4.21. The zero-order valence-corrected chi connectivity index (χ0v) is 11.0. The van der Waals surface area contributed by atoms with E-state index in [1.165, 1.54) is 32.3 Å². The SMILES string of the molecule is CN(C)S(=O)(=O)n1c(N)nc2ccc(C(=O)O)cc21. The van der Waals surface area contributed by atoms with Crippen LogP contribution in [-0.4, -0.2) is 46.9 Å². The van der Waals surface area contributed by atoms with Gasteiger partial charge in [-0.05, 0) is 18.2 Å². The molecule has 102 valence electrons. The maximum Gasteiger partial charge on any atom is 0.335 e. The Morgan fingerprint density at radius 2 is 2.05 bits per heavy atom. The standard InChI is InChI=1S/C10H12N4O4S/c1-13(2)19(17,18)14-8-5-6(9(15)16)3-4-7(8)12-10(14)11/h3-5H,1-2H3,(H2,11,12)(H,15,16). The number of nitrogen functional groups attached to an aromatic ring is 1. The molecule has 2 aromatic rings. The number of fused-ring (bicyclic) bond motifs is 1. The molecule has 1 heterocycles. The summed E-state index contributed by atoms with van der Waals surface area (Å²) in [6, 6.07) is 3.97. The third-order valence-electron chi connectivity index (χ3n) is 2.58. The molecule has 0 unspecified atom stereocenters. The first-order valence-corrected chi connectivity index (χ1v) is 6.59. The summed E-state index contributed by atoms with van der Waals surface area (Å²) >= 11 is 0. The van der Waals surface area contributed by atoms with Gasteiger partial charge in [0.05, 0.1) is 16.6 Å². The van der Waals surface area contributed by atoms with Gasteiger partial charge in [-0.15, -0.1) is 0 Å². The Morgan fingerprint density at radius 1 is 1.42 bits per heavy atom. The highest BCUT2D eigenvalue weighted by molar-refractivity contribution is 7.87. The van der Waals surface area contributed by atoms with Crippen molar-refractivity contribution in [3.8, 4) is 0 Å². The maximum absolute atomic E-state index is 12.1. The predicted octanol–water partition coefficient (Wildman–Crippen LogP) is -0.0288. The van der Waals surface area contributed by atoms with Crippen LogP contribution in [-0.2, 0) is 10.2 Å². The minimum Gasteiger partial charge on any atom is -0.478 e. The van der Waals surface area contributed by atoms with Crippen LogP contribution in [0.1, 0.15) is 10.4 Å². The molecular formula is C10H12N4O4S. The van der Waals surface area contributed by atoms with Gasteiger partial charge in [0, 0.05) is 14.1 Å². The maximum atomic E-state index is 12.1. The highest BCUT2D eigenvalue weighted by Crippen LogP contribution is 2.22. The number of aromatic carboxylic acids is 1. The van der Waals surface area contributed by atoms with Crippen LogP contribution in [0.4, 0.5) is 5.95 Å². The number of hydrogen-bond donors (Lipinski definition) is 2. The van der Waals surface area contributed by atoms with Gasteiger partial charge < -0.3 is 10.8 Å². The topological polar surface area (TPSA) is 119 Å². The summed E-state index contributed by atoms with van der Waals surface area (Å²) in [5.41, 5.74) is 6.01. The summed E-state index contributed by atoms with van der Waals surface area (Å²) in [6.07, 6.45) is 0. The lowest BCUT2D eigenvalue weighted by molar-refractivity contribution is 0.0697. The highest BCUT2D eigenvalue weighted by atomic mass is 32.2. The molecule has 1 aromatic carbocycles. The lowest BCUT2D eigenvalue weighted by Gasteiger charge is -2.13. The van der Waals surface area contributed by atoms with Crippen molar-refractivity contribution in [3.63, 3.8) is 0 Å². The summed E-state index contributed by atoms with van der Waals surface area (Å²) < 4.78 is 26.0. The Bertz CT molecular complexity index is 763. The van der Waals surface area contributed by atoms with E-state index < -0.39 is 16.2 Å². The van der Waals surface area contributed by atoms with Gasteiger partial charge in [-0.1, -0.05) is 0 Å². The summed E-state index contributed by atoms with van der Waals surface area (Å²) in [4.78, 5) is 14.8. The van der Waals surface area contributed by atoms with E-state index in [-0.39, 0.29) is 17.0 Å². The Kier molecular flexibility index (Phi) is 2.95. The van der Waals surface area contributed by atoms with Gasteiger partial charge in [-0.2, -0.15) is 16.7 Å². The molecule has 0 spiro atoms. The van der Waals surface area contributed by atoms with Crippen LogP contribution in [0.15, 0.2) is 18.2 Å². The third-order valence-corrected chi connectivity index (χ3v) is 4.34. The molecule has 19 heavy (non-hydrogen) atoms. The molecule has 0 atom stereocenters. The van der Waals surface area contributed by atoms with Gasteiger partial charge >= 0.3 is 16.2 Å². The number of carbonyl (C=O) groups is 1. The van der Waals surface area contributed by atoms with Crippen molar-refractivity contribution in [3.05, 3.63) is 23.8 Å². The van der Waals surface area contributed by atoms with Gasteiger partial charge in [-0.3, -0.25) is 0 Å². The Morgan fingerprint density at radius 3 is 2.58 bits per heavy atom. The average Bonchev–Trinajstić information content (AvgIpc) is 2.63. The van der Waals surface area contributed by atoms with Crippen LogP contribution >= 0.6 is 0 Å². The number of rotatable bonds is 3. The van der Waals surface area contributed by atoms with Gasteiger partial charge in [-0.25, -0.2) is 9.78 Å². The Balaban J connectivity index is 2.84.